The molecule has 0 aliphatic heterocycles. The molecule has 2 aromatic carbocycles. The van der Waals surface area contributed by atoms with Crippen LogP contribution in [0.1, 0.15) is 16.9 Å². The summed E-state index contributed by atoms with van der Waals surface area (Å²) in [7, 11) is 0. The van der Waals surface area contributed by atoms with Crippen LogP contribution < -0.4 is 10.1 Å². The van der Waals surface area contributed by atoms with Crippen LogP contribution in [0.4, 0.5) is 10.5 Å². The highest BCUT2D eigenvalue weighted by molar-refractivity contribution is 5.88. The second-order valence-corrected chi connectivity index (χ2v) is 5.54. The number of carbonyl (C=O) groups excluding carboxylic acids is 1. The van der Waals surface area contributed by atoms with Crippen molar-refractivity contribution in [2.75, 3.05) is 5.32 Å². The average molecular weight is 322 g/mol. The van der Waals surface area contributed by atoms with Crippen LogP contribution in [0.15, 0.2) is 53.1 Å². The molecule has 0 radical (unpaired) electrons. The summed E-state index contributed by atoms with van der Waals surface area (Å²) >= 11 is 0. The Morgan fingerprint density at radius 2 is 1.79 bits per heavy atom. The molecule has 1 aromatic heterocycles. The molecule has 5 nitrogen and oxygen atoms in total. The molecule has 3 aromatic rings. The van der Waals surface area contributed by atoms with E-state index in [2.05, 4.69) is 10.5 Å². The molecular weight excluding hydrogens is 304 g/mol. The van der Waals surface area contributed by atoms with E-state index in [1.54, 1.807) is 6.92 Å². The molecule has 24 heavy (non-hydrogen) atoms. The quantitative estimate of drug-likeness (QED) is 0.746. The van der Waals surface area contributed by atoms with Gasteiger partial charge in [-0.25, -0.2) is 4.79 Å². The van der Waals surface area contributed by atoms with E-state index >= 15 is 0 Å². The number of amides is 1. The normalized spacial score (nSPS) is 10.5. The number of ether oxygens (including phenoxy) is 1. The van der Waals surface area contributed by atoms with Crippen molar-refractivity contribution in [1.29, 1.82) is 0 Å². The largest absolute Gasteiger partial charge is 0.417 e. The zero-order chi connectivity index (χ0) is 17.1. The molecule has 122 valence electrons. The van der Waals surface area contributed by atoms with Gasteiger partial charge in [-0.3, -0.25) is 5.32 Å². The lowest BCUT2D eigenvalue weighted by atomic mass is 10.1. The van der Waals surface area contributed by atoms with Crippen LogP contribution in [-0.4, -0.2) is 11.2 Å². The summed E-state index contributed by atoms with van der Waals surface area (Å²) in [5, 5.41) is 6.76. The summed E-state index contributed by atoms with van der Waals surface area (Å²) in [6.07, 6.45) is -0.577. The SMILES string of the molecule is Cc1cccc(NC(=O)Oc2c(-c3ccccc3)noc2C)c1C. The molecule has 1 amide bonds. The van der Waals surface area contributed by atoms with Gasteiger partial charge in [-0.1, -0.05) is 47.6 Å². The Balaban J connectivity index is 1.83. The number of carbonyl (C=O) groups is 1. The smallest absolute Gasteiger partial charge is 0.404 e. The molecule has 1 N–H and O–H groups in total. The Morgan fingerprint density at radius 1 is 1.04 bits per heavy atom. The standard InChI is InChI=1S/C19H18N2O3/c1-12-8-7-11-16(13(12)2)20-19(22)23-18-14(3)24-21-17(18)15-9-5-4-6-10-15/h4-11H,1-3H3,(H,20,22). The number of anilines is 1. The molecule has 5 heteroatoms. The Hall–Kier alpha value is -3.08. The average Bonchev–Trinajstić information content (AvgIpc) is 2.93. The van der Waals surface area contributed by atoms with Crippen molar-refractivity contribution >= 4 is 11.8 Å². The van der Waals surface area contributed by atoms with E-state index in [9.17, 15) is 4.79 Å². The van der Waals surface area contributed by atoms with Crippen LogP contribution in [0, 0.1) is 20.8 Å². The van der Waals surface area contributed by atoms with E-state index in [1.807, 2.05) is 62.4 Å². The number of hydrogen-bond donors (Lipinski definition) is 1. The Morgan fingerprint density at radius 3 is 2.54 bits per heavy atom. The molecule has 0 unspecified atom stereocenters. The summed E-state index contributed by atoms with van der Waals surface area (Å²) in [6, 6.07) is 15.2. The first kappa shape index (κ1) is 15.8. The van der Waals surface area contributed by atoms with Gasteiger partial charge in [0.1, 0.15) is 0 Å². The predicted molar refractivity (Wildman–Crippen MR) is 92.2 cm³/mol. The van der Waals surface area contributed by atoms with Crippen LogP contribution in [0.3, 0.4) is 0 Å². The van der Waals surface area contributed by atoms with Crippen LogP contribution in [0.25, 0.3) is 11.3 Å². The molecule has 0 aliphatic carbocycles. The van der Waals surface area contributed by atoms with Gasteiger partial charge in [-0.05, 0) is 31.0 Å². The van der Waals surface area contributed by atoms with Gasteiger partial charge in [0.25, 0.3) is 0 Å². The maximum absolute atomic E-state index is 12.3. The molecule has 0 aliphatic rings. The zero-order valence-corrected chi connectivity index (χ0v) is 13.8. The highest BCUT2D eigenvalue weighted by Gasteiger charge is 2.19. The molecule has 0 atom stereocenters. The maximum Gasteiger partial charge on any atom is 0.417 e. The van der Waals surface area contributed by atoms with Crippen LogP contribution >= 0.6 is 0 Å². The van der Waals surface area contributed by atoms with Crippen molar-refractivity contribution < 1.29 is 14.1 Å². The van der Waals surface area contributed by atoms with Gasteiger partial charge in [-0.2, -0.15) is 0 Å². The van der Waals surface area contributed by atoms with Crippen molar-refractivity contribution in [3.8, 4) is 17.0 Å². The lowest BCUT2D eigenvalue weighted by Crippen LogP contribution is -2.18. The number of benzene rings is 2. The van der Waals surface area contributed by atoms with Gasteiger partial charge >= 0.3 is 6.09 Å². The number of aromatic nitrogens is 1. The number of rotatable bonds is 3. The van der Waals surface area contributed by atoms with Crippen molar-refractivity contribution in [1.82, 2.24) is 5.16 Å². The minimum absolute atomic E-state index is 0.323. The predicted octanol–water partition coefficient (Wildman–Crippen LogP) is 4.88. The molecule has 0 bridgehead atoms. The monoisotopic (exact) mass is 322 g/mol. The number of nitrogens with zero attached hydrogens (tertiary/aromatic N) is 1. The summed E-state index contributed by atoms with van der Waals surface area (Å²) < 4.78 is 10.7. The lowest BCUT2D eigenvalue weighted by molar-refractivity contribution is 0.214. The fourth-order valence-electron chi connectivity index (χ4n) is 2.38. The van der Waals surface area contributed by atoms with Crippen molar-refractivity contribution in [3.05, 3.63) is 65.4 Å². The first-order valence-electron chi connectivity index (χ1n) is 7.63. The van der Waals surface area contributed by atoms with Crippen LogP contribution in [0.5, 0.6) is 5.75 Å². The first-order valence-corrected chi connectivity index (χ1v) is 7.63. The maximum atomic E-state index is 12.3. The van der Waals surface area contributed by atoms with Gasteiger partial charge in [0.2, 0.25) is 5.75 Å². The van der Waals surface area contributed by atoms with E-state index in [0.29, 0.717) is 17.2 Å². The Kier molecular flexibility index (Phi) is 4.33. The first-order chi connectivity index (χ1) is 11.6. The minimum Gasteiger partial charge on any atom is -0.404 e. The fraction of sp³-hybridized carbons (Fsp3) is 0.158. The molecular formula is C19H18N2O3. The molecule has 0 saturated carbocycles. The number of nitrogens with one attached hydrogen (secondary N) is 1. The highest BCUT2D eigenvalue weighted by Crippen LogP contribution is 2.32. The number of hydrogen-bond acceptors (Lipinski definition) is 4. The van der Waals surface area contributed by atoms with Crippen molar-refractivity contribution in [3.63, 3.8) is 0 Å². The van der Waals surface area contributed by atoms with Gasteiger partial charge in [-0.15, -0.1) is 0 Å². The Bertz CT molecular complexity index is 870. The highest BCUT2D eigenvalue weighted by atomic mass is 16.6. The molecule has 1 heterocycles. The molecule has 0 fully saturated rings. The summed E-state index contributed by atoms with van der Waals surface area (Å²) in [5.74, 6) is 0.772. The van der Waals surface area contributed by atoms with Gasteiger partial charge in [0.05, 0.1) is 0 Å². The van der Waals surface area contributed by atoms with E-state index in [-0.39, 0.29) is 0 Å². The minimum atomic E-state index is -0.577. The second-order valence-electron chi connectivity index (χ2n) is 5.54. The number of aryl methyl sites for hydroxylation is 2. The van der Waals surface area contributed by atoms with Gasteiger partial charge < -0.3 is 9.26 Å². The summed E-state index contributed by atoms with van der Waals surface area (Å²) in [4.78, 5) is 12.3. The van der Waals surface area contributed by atoms with Gasteiger partial charge in [0.15, 0.2) is 11.5 Å². The fourth-order valence-corrected chi connectivity index (χ4v) is 2.38. The van der Waals surface area contributed by atoms with Crippen molar-refractivity contribution in [2.24, 2.45) is 0 Å². The van der Waals surface area contributed by atoms with Crippen LogP contribution in [-0.2, 0) is 0 Å². The van der Waals surface area contributed by atoms with E-state index in [0.717, 1.165) is 22.4 Å². The third-order valence-electron chi connectivity index (χ3n) is 3.89. The summed E-state index contributed by atoms with van der Waals surface area (Å²) in [6.45, 7) is 5.65. The van der Waals surface area contributed by atoms with Gasteiger partial charge in [0, 0.05) is 18.2 Å². The third-order valence-corrected chi connectivity index (χ3v) is 3.89. The second kappa shape index (κ2) is 6.58. The van der Waals surface area contributed by atoms with Crippen molar-refractivity contribution in [2.45, 2.75) is 20.8 Å². The molecule has 0 saturated heterocycles. The van der Waals surface area contributed by atoms with E-state index in [1.165, 1.54) is 0 Å². The third kappa shape index (κ3) is 3.15. The Labute approximate surface area is 140 Å². The van der Waals surface area contributed by atoms with Crippen LogP contribution in [0.2, 0.25) is 0 Å². The van der Waals surface area contributed by atoms with E-state index in [4.69, 9.17) is 9.26 Å². The molecule has 3 rings (SSSR count). The van der Waals surface area contributed by atoms with E-state index < -0.39 is 6.09 Å². The topological polar surface area (TPSA) is 64.4 Å². The lowest BCUT2D eigenvalue weighted by Gasteiger charge is -2.10. The zero-order valence-electron chi connectivity index (χ0n) is 13.8. The summed E-state index contributed by atoms with van der Waals surface area (Å²) in [5.41, 5.74) is 4.14. The molecule has 0 spiro atoms.